The van der Waals surface area contributed by atoms with Crippen molar-refractivity contribution >= 4 is 11.7 Å². The maximum Gasteiger partial charge on any atom is 0.230 e. The van der Waals surface area contributed by atoms with Gasteiger partial charge in [0.2, 0.25) is 5.91 Å². The minimum absolute atomic E-state index is 0.0297. The van der Waals surface area contributed by atoms with Crippen LogP contribution in [0.15, 0.2) is 48.7 Å². The van der Waals surface area contributed by atoms with Gasteiger partial charge in [-0.3, -0.25) is 4.79 Å². The number of anilines is 1. The van der Waals surface area contributed by atoms with Crippen molar-refractivity contribution in [2.24, 2.45) is 0 Å². The Balaban J connectivity index is 1.42. The van der Waals surface area contributed by atoms with Crippen molar-refractivity contribution in [3.8, 4) is 0 Å². The summed E-state index contributed by atoms with van der Waals surface area (Å²) in [6.07, 6.45) is 6.20. The van der Waals surface area contributed by atoms with Crippen LogP contribution < -0.4 is 10.6 Å². The van der Waals surface area contributed by atoms with Crippen LogP contribution in [0.3, 0.4) is 0 Å². The minimum atomic E-state index is -0.533. The number of aromatic nitrogens is 1. The standard InChI is InChI=1S/C20H24FN3O/c21-17-8-5-7-16(15-17)20(10-6-11-20)19(25)24-14-4-3-13-23-18-9-1-2-12-22-18/h1-2,5,7-9,12,15H,3-4,6,10-11,13-14H2,(H,22,23)(H,24,25). The molecule has 1 aromatic carbocycles. The van der Waals surface area contributed by atoms with Crippen LogP contribution in [-0.2, 0) is 10.2 Å². The van der Waals surface area contributed by atoms with E-state index in [1.165, 1.54) is 12.1 Å². The van der Waals surface area contributed by atoms with Crippen LogP contribution in [-0.4, -0.2) is 24.0 Å². The van der Waals surface area contributed by atoms with Crippen LogP contribution in [0.5, 0.6) is 0 Å². The summed E-state index contributed by atoms with van der Waals surface area (Å²) in [5.74, 6) is 0.616. The normalized spacial score (nSPS) is 15.2. The molecule has 5 heteroatoms. The van der Waals surface area contributed by atoms with E-state index < -0.39 is 5.41 Å². The van der Waals surface area contributed by atoms with Gasteiger partial charge < -0.3 is 10.6 Å². The molecule has 1 fully saturated rings. The highest BCUT2D eigenvalue weighted by Crippen LogP contribution is 2.44. The van der Waals surface area contributed by atoms with Crippen LogP contribution in [0.4, 0.5) is 10.2 Å². The molecule has 0 aliphatic heterocycles. The average molecular weight is 341 g/mol. The Hall–Kier alpha value is -2.43. The molecule has 1 aliphatic carbocycles. The molecule has 25 heavy (non-hydrogen) atoms. The number of carbonyl (C=O) groups excluding carboxylic acids is 1. The van der Waals surface area contributed by atoms with E-state index in [0.717, 1.165) is 50.0 Å². The first-order chi connectivity index (χ1) is 12.2. The smallest absolute Gasteiger partial charge is 0.230 e. The molecule has 2 aromatic rings. The second-order valence-corrected chi connectivity index (χ2v) is 6.55. The van der Waals surface area contributed by atoms with Crippen molar-refractivity contribution in [3.63, 3.8) is 0 Å². The lowest BCUT2D eigenvalue weighted by Crippen LogP contribution is -2.49. The molecule has 1 amide bonds. The zero-order chi connectivity index (χ0) is 17.5. The molecule has 0 unspecified atom stereocenters. The van der Waals surface area contributed by atoms with E-state index in [9.17, 15) is 9.18 Å². The molecule has 0 atom stereocenters. The zero-order valence-electron chi connectivity index (χ0n) is 14.3. The van der Waals surface area contributed by atoms with Gasteiger partial charge in [-0.15, -0.1) is 0 Å². The Morgan fingerprint density at radius 3 is 2.64 bits per heavy atom. The number of nitrogens with zero attached hydrogens (tertiary/aromatic N) is 1. The van der Waals surface area contributed by atoms with E-state index in [2.05, 4.69) is 15.6 Å². The quantitative estimate of drug-likeness (QED) is 0.721. The SMILES string of the molecule is O=C(NCCCCNc1ccccn1)C1(c2cccc(F)c2)CCC1. The molecule has 2 N–H and O–H groups in total. The zero-order valence-corrected chi connectivity index (χ0v) is 14.3. The Morgan fingerprint density at radius 1 is 1.12 bits per heavy atom. The maximum absolute atomic E-state index is 13.5. The van der Waals surface area contributed by atoms with Crippen molar-refractivity contribution in [1.29, 1.82) is 0 Å². The number of halogens is 1. The van der Waals surface area contributed by atoms with Crippen LogP contribution in [0, 0.1) is 5.82 Å². The number of pyridine rings is 1. The second-order valence-electron chi connectivity index (χ2n) is 6.55. The van der Waals surface area contributed by atoms with Crippen molar-refractivity contribution in [2.75, 3.05) is 18.4 Å². The molecule has 0 spiro atoms. The summed E-state index contributed by atoms with van der Waals surface area (Å²) in [6, 6.07) is 12.2. The third kappa shape index (κ3) is 4.16. The van der Waals surface area contributed by atoms with Gasteiger partial charge in [0, 0.05) is 19.3 Å². The summed E-state index contributed by atoms with van der Waals surface area (Å²) in [4.78, 5) is 16.9. The molecule has 0 bridgehead atoms. The predicted molar refractivity (Wildman–Crippen MR) is 96.9 cm³/mol. The molecule has 0 saturated heterocycles. The summed E-state index contributed by atoms with van der Waals surface area (Å²) < 4.78 is 13.5. The van der Waals surface area contributed by atoms with Gasteiger partial charge in [-0.05, 0) is 55.5 Å². The van der Waals surface area contributed by atoms with Crippen molar-refractivity contribution in [3.05, 3.63) is 60.0 Å². The lowest BCUT2D eigenvalue weighted by Gasteiger charge is -2.40. The number of benzene rings is 1. The molecule has 4 nitrogen and oxygen atoms in total. The summed E-state index contributed by atoms with van der Waals surface area (Å²) in [6.45, 7) is 1.46. The Kier molecular flexibility index (Phi) is 5.64. The Labute approximate surface area is 147 Å². The number of hydrogen-bond donors (Lipinski definition) is 2. The van der Waals surface area contributed by atoms with E-state index in [1.807, 2.05) is 24.3 Å². The van der Waals surface area contributed by atoms with Gasteiger partial charge in [-0.1, -0.05) is 24.6 Å². The van der Waals surface area contributed by atoms with Gasteiger partial charge in [0.1, 0.15) is 11.6 Å². The van der Waals surface area contributed by atoms with Crippen LogP contribution >= 0.6 is 0 Å². The van der Waals surface area contributed by atoms with Gasteiger partial charge in [-0.25, -0.2) is 9.37 Å². The molecular formula is C20H24FN3O. The number of rotatable bonds is 8. The maximum atomic E-state index is 13.5. The second kappa shape index (κ2) is 8.10. The number of amides is 1. The highest BCUT2D eigenvalue weighted by atomic mass is 19.1. The first-order valence-corrected chi connectivity index (χ1v) is 8.90. The highest BCUT2D eigenvalue weighted by molar-refractivity contribution is 5.89. The van der Waals surface area contributed by atoms with Crippen molar-refractivity contribution in [2.45, 2.75) is 37.5 Å². The monoisotopic (exact) mass is 341 g/mol. The summed E-state index contributed by atoms with van der Waals surface area (Å²) in [7, 11) is 0. The van der Waals surface area contributed by atoms with Crippen LogP contribution in [0.25, 0.3) is 0 Å². The summed E-state index contributed by atoms with van der Waals surface area (Å²) >= 11 is 0. The van der Waals surface area contributed by atoms with E-state index in [0.29, 0.717) is 6.54 Å². The molecule has 1 aliphatic rings. The number of hydrogen-bond acceptors (Lipinski definition) is 3. The van der Waals surface area contributed by atoms with Gasteiger partial charge in [0.15, 0.2) is 0 Å². The van der Waals surface area contributed by atoms with Crippen molar-refractivity contribution in [1.82, 2.24) is 10.3 Å². The van der Waals surface area contributed by atoms with Gasteiger partial charge >= 0.3 is 0 Å². The van der Waals surface area contributed by atoms with Gasteiger partial charge in [0.25, 0.3) is 0 Å². The average Bonchev–Trinajstić information content (AvgIpc) is 2.58. The molecule has 1 heterocycles. The molecule has 132 valence electrons. The number of unbranched alkanes of at least 4 members (excludes halogenated alkanes) is 1. The van der Waals surface area contributed by atoms with E-state index >= 15 is 0 Å². The number of nitrogens with one attached hydrogen (secondary N) is 2. The Morgan fingerprint density at radius 2 is 1.96 bits per heavy atom. The highest BCUT2D eigenvalue weighted by Gasteiger charge is 2.45. The third-order valence-electron chi connectivity index (χ3n) is 4.88. The fourth-order valence-electron chi connectivity index (χ4n) is 3.27. The molecule has 3 rings (SSSR count). The van der Waals surface area contributed by atoms with E-state index in [4.69, 9.17) is 0 Å². The molecular weight excluding hydrogens is 317 g/mol. The van der Waals surface area contributed by atoms with Gasteiger partial charge in [0.05, 0.1) is 5.41 Å². The lowest BCUT2D eigenvalue weighted by atomic mass is 9.64. The number of carbonyl (C=O) groups is 1. The molecule has 0 radical (unpaired) electrons. The van der Waals surface area contributed by atoms with Gasteiger partial charge in [-0.2, -0.15) is 0 Å². The fourth-order valence-corrected chi connectivity index (χ4v) is 3.27. The van der Waals surface area contributed by atoms with Crippen LogP contribution in [0.1, 0.15) is 37.7 Å². The van der Waals surface area contributed by atoms with E-state index in [-0.39, 0.29) is 11.7 Å². The third-order valence-corrected chi connectivity index (χ3v) is 4.88. The lowest BCUT2D eigenvalue weighted by molar-refractivity contribution is -0.129. The van der Waals surface area contributed by atoms with Crippen molar-refractivity contribution < 1.29 is 9.18 Å². The first kappa shape index (κ1) is 17.4. The first-order valence-electron chi connectivity index (χ1n) is 8.90. The Bertz CT molecular complexity index is 701. The topological polar surface area (TPSA) is 54.0 Å². The summed E-state index contributed by atoms with van der Waals surface area (Å²) in [5, 5.41) is 6.29. The summed E-state index contributed by atoms with van der Waals surface area (Å²) in [5.41, 5.74) is 0.266. The minimum Gasteiger partial charge on any atom is -0.370 e. The van der Waals surface area contributed by atoms with E-state index in [1.54, 1.807) is 12.3 Å². The van der Waals surface area contributed by atoms with Crippen LogP contribution in [0.2, 0.25) is 0 Å². The largest absolute Gasteiger partial charge is 0.370 e. The predicted octanol–water partition coefficient (Wildman–Crippen LogP) is 3.65. The molecule has 1 saturated carbocycles. The fraction of sp³-hybridized carbons (Fsp3) is 0.400. The molecule has 1 aromatic heterocycles.